The fourth-order valence-corrected chi connectivity index (χ4v) is 9.02. The summed E-state index contributed by atoms with van der Waals surface area (Å²) in [4.78, 5) is 2.38. The maximum absolute atomic E-state index is 6.49. The van der Waals surface area contributed by atoms with Crippen LogP contribution in [0.25, 0.3) is 22.3 Å². The van der Waals surface area contributed by atoms with Gasteiger partial charge in [0.2, 0.25) is 0 Å². The minimum Gasteiger partial charge on any atom is -0.457 e. The number of rotatable bonds is 6. The van der Waals surface area contributed by atoms with Gasteiger partial charge in [0.05, 0.1) is 5.41 Å². The highest BCUT2D eigenvalue weighted by Crippen LogP contribution is 2.56. The van der Waals surface area contributed by atoms with Gasteiger partial charge < -0.3 is 9.64 Å². The van der Waals surface area contributed by atoms with Gasteiger partial charge in [-0.15, -0.1) is 0 Å². The standard InChI is InChI=1S/C52H39NO/c1-51(2)47-23-13-14-24-49(47)54-50-34-33-42(35-48(50)51)53(40-29-25-37(26-30-40)36-15-5-3-6-16-36)41-31-27-39(28-32-41)52(38-17-7-4-8-18-38)45-21-11-9-19-43(45)44-20-10-12-22-46(44)52/h3-35H,1-2H3. The first-order valence-electron chi connectivity index (χ1n) is 18.8. The molecule has 10 rings (SSSR count). The van der Waals surface area contributed by atoms with Crippen molar-refractivity contribution in [2.24, 2.45) is 0 Å². The number of anilines is 3. The zero-order chi connectivity index (χ0) is 36.3. The van der Waals surface area contributed by atoms with Gasteiger partial charge in [-0.25, -0.2) is 0 Å². The van der Waals surface area contributed by atoms with E-state index >= 15 is 0 Å². The first-order chi connectivity index (χ1) is 26.5. The van der Waals surface area contributed by atoms with E-state index in [1.165, 1.54) is 55.6 Å². The Hall–Kier alpha value is -6.64. The largest absolute Gasteiger partial charge is 0.457 e. The Morgan fingerprint density at radius 1 is 0.370 bits per heavy atom. The van der Waals surface area contributed by atoms with E-state index in [0.717, 1.165) is 28.6 Å². The summed E-state index contributed by atoms with van der Waals surface area (Å²) >= 11 is 0. The lowest BCUT2D eigenvalue weighted by Gasteiger charge is -2.36. The smallest absolute Gasteiger partial charge is 0.131 e. The van der Waals surface area contributed by atoms with Crippen LogP contribution in [0.15, 0.2) is 200 Å². The lowest BCUT2D eigenvalue weighted by atomic mass is 9.68. The number of hydrogen-bond acceptors (Lipinski definition) is 2. The van der Waals surface area contributed by atoms with Gasteiger partial charge in [0.15, 0.2) is 0 Å². The molecule has 0 unspecified atom stereocenters. The number of benzene rings is 8. The van der Waals surface area contributed by atoms with Gasteiger partial charge in [-0.05, 0) is 93.0 Å². The Kier molecular flexibility index (Phi) is 7.42. The summed E-state index contributed by atoms with van der Waals surface area (Å²) in [5.74, 6) is 1.83. The zero-order valence-electron chi connectivity index (χ0n) is 30.4. The van der Waals surface area contributed by atoms with Gasteiger partial charge in [0, 0.05) is 33.6 Å². The molecule has 0 N–H and O–H groups in total. The third-order valence-electron chi connectivity index (χ3n) is 11.6. The van der Waals surface area contributed by atoms with Crippen LogP contribution in [0.3, 0.4) is 0 Å². The van der Waals surface area contributed by atoms with Crippen molar-refractivity contribution in [3.63, 3.8) is 0 Å². The monoisotopic (exact) mass is 693 g/mol. The van der Waals surface area contributed by atoms with Crippen LogP contribution in [0.1, 0.15) is 47.2 Å². The molecule has 1 aliphatic carbocycles. The first-order valence-corrected chi connectivity index (χ1v) is 18.8. The predicted octanol–water partition coefficient (Wildman–Crippen LogP) is 13.6. The molecule has 8 aromatic rings. The molecule has 0 amide bonds. The van der Waals surface area contributed by atoms with Gasteiger partial charge in [-0.3, -0.25) is 0 Å². The molecule has 2 aliphatic rings. The number of nitrogens with zero attached hydrogens (tertiary/aromatic N) is 1. The third-order valence-corrected chi connectivity index (χ3v) is 11.6. The lowest BCUT2D eigenvalue weighted by Crippen LogP contribution is -2.28. The van der Waals surface area contributed by atoms with Crippen LogP contribution in [-0.2, 0) is 10.8 Å². The van der Waals surface area contributed by atoms with Crippen LogP contribution in [-0.4, -0.2) is 0 Å². The molecular formula is C52H39NO. The number of para-hydroxylation sites is 1. The fourth-order valence-electron chi connectivity index (χ4n) is 9.02. The molecule has 0 aromatic heterocycles. The average molecular weight is 694 g/mol. The molecule has 0 fully saturated rings. The van der Waals surface area contributed by atoms with Crippen LogP contribution in [0.5, 0.6) is 11.5 Å². The molecule has 1 aliphatic heterocycles. The molecule has 54 heavy (non-hydrogen) atoms. The predicted molar refractivity (Wildman–Crippen MR) is 223 cm³/mol. The van der Waals surface area contributed by atoms with Crippen LogP contribution in [0.4, 0.5) is 17.1 Å². The quantitative estimate of drug-likeness (QED) is 0.172. The summed E-state index contributed by atoms with van der Waals surface area (Å²) in [6.45, 7) is 4.59. The summed E-state index contributed by atoms with van der Waals surface area (Å²) in [5.41, 5.74) is 15.1. The minimum atomic E-state index is -0.449. The molecule has 258 valence electrons. The molecular weight excluding hydrogens is 655 g/mol. The Labute approximate surface area is 317 Å². The summed E-state index contributed by atoms with van der Waals surface area (Å²) in [5, 5.41) is 0. The molecule has 0 spiro atoms. The molecule has 0 saturated carbocycles. The fraction of sp³-hybridized carbons (Fsp3) is 0.0769. The third kappa shape index (κ3) is 4.87. The van der Waals surface area contributed by atoms with Crippen LogP contribution < -0.4 is 9.64 Å². The van der Waals surface area contributed by atoms with E-state index in [9.17, 15) is 0 Å². The molecule has 1 heterocycles. The van der Waals surface area contributed by atoms with E-state index in [1.54, 1.807) is 0 Å². The molecule has 8 aromatic carbocycles. The molecule has 0 bridgehead atoms. The average Bonchev–Trinajstić information content (AvgIpc) is 3.53. The van der Waals surface area contributed by atoms with E-state index in [0.29, 0.717) is 0 Å². The second-order valence-electron chi connectivity index (χ2n) is 14.9. The Bertz CT molecular complexity index is 2600. The van der Waals surface area contributed by atoms with Gasteiger partial charge in [0.1, 0.15) is 11.5 Å². The van der Waals surface area contributed by atoms with Crippen LogP contribution in [0, 0.1) is 0 Å². The molecule has 0 saturated heterocycles. The summed E-state index contributed by atoms with van der Waals surface area (Å²) < 4.78 is 6.49. The summed E-state index contributed by atoms with van der Waals surface area (Å²) in [6, 6.07) is 72.7. The van der Waals surface area contributed by atoms with Crippen molar-refractivity contribution < 1.29 is 4.74 Å². The second kappa shape index (κ2) is 12.5. The number of ether oxygens (including phenoxy) is 1. The van der Waals surface area contributed by atoms with E-state index in [2.05, 4.69) is 213 Å². The molecule has 2 nitrogen and oxygen atoms in total. The zero-order valence-corrected chi connectivity index (χ0v) is 30.4. The first kappa shape index (κ1) is 32.0. The topological polar surface area (TPSA) is 12.5 Å². The highest BCUT2D eigenvalue weighted by molar-refractivity contribution is 5.87. The normalized spacial score (nSPS) is 14.2. The number of fused-ring (bicyclic) bond motifs is 5. The summed E-state index contributed by atoms with van der Waals surface area (Å²) in [7, 11) is 0. The van der Waals surface area contributed by atoms with E-state index in [-0.39, 0.29) is 5.41 Å². The van der Waals surface area contributed by atoms with E-state index < -0.39 is 5.41 Å². The van der Waals surface area contributed by atoms with Crippen molar-refractivity contribution >= 4 is 17.1 Å². The Morgan fingerprint density at radius 3 is 1.48 bits per heavy atom. The highest BCUT2D eigenvalue weighted by Gasteiger charge is 2.46. The van der Waals surface area contributed by atoms with Crippen molar-refractivity contribution in [2.75, 3.05) is 4.90 Å². The van der Waals surface area contributed by atoms with E-state index in [4.69, 9.17) is 4.74 Å². The SMILES string of the molecule is CC1(C)c2ccccc2Oc2ccc(N(c3ccc(-c4ccccc4)cc3)c3ccc(C4(c5ccccc5)c5ccccc5-c5ccccc54)cc3)cc21. The van der Waals surface area contributed by atoms with Gasteiger partial charge in [-0.2, -0.15) is 0 Å². The second-order valence-corrected chi connectivity index (χ2v) is 14.9. The summed E-state index contributed by atoms with van der Waals surface area (Å²) in [6.07, 6.45) is 0. The Morgan fingerprint density at radius 2 is 0.833 bits per heavy atom. The maximum Gasteiger partial charge on any atom is 0.131 e. The Balaban J connectivity index is 1.14. The number of hydrogen-bond donors (Lipinski definition) is 0. The minimum absolute atomic E-state index is 0.238. The van der Waals surface area contributed by atoms with Crippen molar-refractivity contribution in [1.82, 2.24) is 0 Å². The van der Waals surface area contributed by atoms with Crippen molar-refractivity contribution in [2.45, 2.75) is 24.7 Å². The van der Waals surface area contributed by atoms with Crippen molar-refractivity contribution in [3.05, 3.63) is 234 Å². The lowest BCUT2D eigenvalue weighted by molar-refractivity contribution is 0.418. The molecule has 0 atom stereocenters. The van der Waals surface area contributed by atoms with Gasteiger partial charge in [0.25, 0.3) is 0 Å². The van der Waals surface area contributed by atoms with Crippen LogP contribution in [0.2, 0.25) is 0 Å². The van der Waals surface area contributed by atoms with Crippen molar-refractivity contribution in [3.8, 4) is 33.8 Å². The van der Waals surface area contributed by atoms with Crippen molar-refractivity contribution in [1.29, 1.82) is 0 Å². The maximum atomic E-state index is 6.49. The van der Waals surface area contributed by atoms with Crippen LogP contribution >= 0.6 is 0 Å². The molecule has 2 heteroatoms. The molecule has 0 radical (unpaired) electrons. The van der Waals surface area contributed by atoms with Gasteiger partial charge >= 0.3 is 0 Å². The highest BCUT2D eigenvalue weighted by atomic mass is 16.5. The van der Waals surface area contributed by atoms with Gasteiger partial charge in [-0.1, -0.05) is 166 Å². The van der Waals surface area contributed by atoms with E-state index in [1.807, 2.05) is 6.07 Å².